The van der Waals surface area contributed by atoms with E-state index >= 15 is 0 Å². The number of sulfone groups is 1. The minimum absolute atomic E-state index is 0.212. The molecule has 0 amide bonds. The summed E-state index contributed by atoms with van der Waals surface area (Å²) in [6.07, 6.45) is 7.97. The van der Waals surface area contributed by atoms with Gasteiger partial charge in [0.15, 0.2) is 5.76 Å². The molecule has 4 aromatic rings. The van der Waals surface area contributed by atoms with Crippen LogP contribution in [0.15, 0.2) is 65.6 Å². The molecular formula is C27H28N4O4S. The van der Waals surface area contributed by atoms with Crippen LogP contribution in [0, 0.1) is 11.8 Å². The first-order chi connectivity index (χ1) is 17.3. The highest BCUT2D eigenvalue weighted by molar-refractivity contribution is 7.90. The molecule has 0 fully saturated rings. The molecule has 186 valence electrons. The standard InChI is InChI=1S/C27H28N4O4S/c1-20(32)27-28-14-15-31(27)19-25-17-26(35-30-25)23-11-8-21(9-12-23)6-7-22-10-13-24(29-18-22)5-3-4-16-36(2,33)34/h8-15,17-18,20,32H,3-5,16,19H2,1-2H3/t20-/m0/s1. The molecule has 0 spiro atoms. The van der Waals surface area contributed by atoms with Crippen LogP contribution in [-0.4, -0.2) is 45.2 Å². The Labute approximate surface area is 210 Å². The van der Waals surface area contributed by atoms with Crippen LogP contribution in [0.4, 0.5) is 0 Å². The van der Waals surface area contributed by atoms with E-state index in [9.17, 15) is 13.5 Å². The maximum absolute atomic E-state index is 11.2. The predicted molar refractivity (Wildman–Crippen MR) is 137 cm³/mol. The van der Waals surface area contributed by atoms with Gasteiger partial charge in [0.2, 0.25) is 0 Å². The van der Waals surface area contributed by atoms with Crippen LogP contribution in [0.2, 0.25) is 0 Å². The fourth-order valence-electron chi connectivity index (χ4n) is 3.70. The smallest absolute Gasteiger partial charge is 0.167 e. The molecule has 0 radical (unpaired) electrons. The van der Waals surface area contributed by atoms with Crippen LogP contribution < -0.4 is 0 Å². The summed E-state index contributed by atoms with van der Waals surface area (Å²) in [5.41, 5.74) is 4.24. The number of nitrogens with zero attached hydrogens (tertiary/aromatic N) is 4. The number of pyridine rings is 1. The van der Waals surface area contributed by atoms with Crippen molar-refractivity contribution in [2.24, 2.45) is 0 Å². The Balaban J connectivity index is 1.34. The number of unbranched alkanes of at least 4 members (excludes halogenated alkanes) is 1. The number of hydrogen-bond acceptors (Lipinski definition) is 7. The second kappa shape index (κ2) is 11.3. The lowest BCUT2D eigenvalue weighted by molar-refractivity contribution is 0.184. The normalized spacial score (nSPS) is 12.2. The second-order valence-electron chi connectivity index (χ2n) is 8.72. The molecule has 4 rings (SSSR count). The van der Waals surface area contributed by atoms with Crippen LogP contribution in [0.1, 0.15) is 54.2 Å². The Bertz CT molecular complexity index is 1460. The summed E-state index contributed by atoms with van der Waals surface area (Å²) in [6.45, 7) is 2.14. The van der Waals surface area contributed by atoms with Gasteiger partial charge in [-0.2, -0.15) is 0 Å². The van der Waals surface area contributed by atoms with Crippen molar-refractivity contribution in [2.45, 2.75) is 38.8 Å². The molecule has 0 bridgehead atoms. The Morgan fingerprint density at radius 3 is 2.47 bits per heavy atom. The van der Waals surface area contributed by atoms with Crippen LogP contribution in [0.25, 0.3) is 11.3 Å². The molecular weight excluding hydrogens is 476 g/mol. The zero-order valence-electron chi connectivity index (χ0n) is 20.3. The van der Waals surface area contributed by atoms with Crippen LogP contribution >= 0.6 is 0 Å². The van der Waals surface area contributed by atoms with Crippen molar-refractivity contribution in [3.63, 3.8) is 0 Å². The van der Waals surface area contributed by atoms with E-state index in [0.717, 1.165) is 40.9 Å². The Morgan fingerprint density at radius 2 is 1.78 bits per heavy atom. The van der Waals surface area contributed by atoms with Gasteiger partial charge in [-0.15, -0.1) is 0 Å². The van der Waals surface area contributed by atoms with Gasteiger partial charge in [0.1, 0.15) is 27.5 Å². The van der Waals surface area contributed by atoms with Gasteiger partial charge in [-0.05, 0) is 62.6 Å². The third-order valence-corrected chi connectivity index (χ3v) is 6.59. The van der Waals surface area contributed by atoms with Gasteiger partial charge in [0, 0.05) is 59.0 Å². The predicted octanol–water partition coefficient (Wildman–Crippen LogP) is 3.80. The lowest BCUT2D eigenvalue weighted by Gasteiger charge is -2.07. The summed E-state index contributed by atoms with van der Waals surface area (Å²) in [6, 6.07) is 13.5. The number of imidazole rings is 1. The first kappa shape index (κ1) is 25.4. The maximum Gasteiger partial charge on any atom is 0.167 e. The SMILES string of the molecule is C[C@H](O)c1nccn1Cc1cc(-c2ccc(C#Cc3ccc(CCCCS(C)(=O)=O)nc3)cc2)on1. The van der Waals surface area contributed by atoms with Crippen molar-refractivity contribution in [3.05, 3.63) is 89.4 Å². The molecule has 1 atom stereocenters. The van der Waals surface area contributed by atoms with E-state index in [4.69, 9.17) is 4.52 Å². The molecule has 0 aliphatic carbocycles. The van der Waals surface area contributed by atoms with Gasteiger partial charge in [0.25, 0.3) is 0 Å². The molecule has 3 heterocycles. The van der Waals surface area contributed by atoms with E-state index in [2.05, 4.69) is 27.0 Å². The number of aryl methyl sites for hydroxylation is 1. The van der Waals surface area contributed by atoms with E-state index in [1.54, 1.807) is 25.5 Å². The van der Waals surface area contributed by atoms with Crippen molar-refractivity contribution < 1.29 is 18.0 Å². The Morgan fingerprint density at radius 1 is 1.03 bits per heavy atom. The molecule has 0 saturated heterocycles. The van der Waals surface area contributed by atoms with Crippen LogP contribution in [0.5, 0.6) is 0 Å². The van der Waals surface area contributed by atoms with Crippen molar-refractivity contribution in [1.29, 1.82) is 0 Å². The van der Waals surface area contributed by atoms with Crippen LogP contribution in [-0.2, 0) is 22.8 Å². The molecule has 0 aliphatic rings. The monoisotopic (exact) mass is 504 g/mol. The number of aliphatic hydroxyl groups is 1. The van der Waals surface area contributed by atoms with E-state index in [0.29, 0.717) is 24.6 Å². The van der Waals surface area contributed by atoms with Gasteiger partial charge in [-0.1, -0.05) is 17.0 Å². The summed E-state index contributed by atoms with van der Waals surface area (Å²) in [5, 5.41) is 14.0. The number of hydrogen-bond donors (Lipinski definition) is 1. The third-order valence-electron chi connectivity index (χ3n) is 5.56. The van der Waals surface area contributed by atoms with Crippen molar-refractivity contribution in [2.75, 3.05) is 12.0 Å². The van der Waals surface area contributed by atoms with Crippen molar-refractivity contribution >= 4 is 9.84 Å². The van der Waals surface area contributed by atoms with Crippen molar-refractivity contribution in [3.8, 4) is 23.2 Å². The fourth-order valence-corrected chi connectivity index (χ4v) is 4.43. The number of rotatable bonds is 9. The van der Waals surface area contributed by atoms with Crippen molar-refractivity contribution in [1.82, 2.24) is 19.7 Å². The lowest BCUT2D eigenvalue weighted by atomic mass is 10.1. The molecule has 0 unspecified atom stereocenters. The minimum Gasteiger partial charge on any atom is -0.385 e. The topological polar surface area (TPSA) is 111 Å². The number of aliphatic hydroxyl groups excluding tert-OH is 1. The molecule has 8 nitrogen and oxygen atoms in total. The highest BCUT2D eigenvalue weighted by Crippen LogP contribution is 2.22. The minimum atomic E-state index is -2.91. The number of aromatic nitrogens is 4. The molecule has 1 N–H and O–H groups in total. The Hall–Kier alpha value is -3.74. The van der Waals surface area contributed by atoms with Gasteiger partial charge in [-0.25, -0.2) is 13.4 Å². The van der Waals surface area contributed by atoms with Gasteiger partial charge < -0.3 is 14.2 Å². The van der Waals surface area contributed by atoms with E-state index in [1.807, 2.05) is 47.0 Å². The van der Waals surface area contributed by atoms with Crippen LogP contribution in [0.3, 0.4) is 0 Å². The molecule has 9 heteroatoms. The summed E-state index contributed by atoms with van der Waals surface area (Å²) in [5.74, 6) is 7.71. The molecule has 3 aromatic heterocycles. The largest absolute Gasteiger partial charge is 0.385 e. The van der Waals surface area contributed by atoms with E-state index in [1.165, 1.54) is 6.26 Å². The zero-order chi connectivity index (χ0) is 25.5. The lowest BCUT2D eigenvalue weighted by Crippen LogP contribution is -2.07. The fraction of sp³-hybridized carbons (Fsp3) is 0.296. The first-order valence-corrected chi connectivity index (χ1v) is 13.7. The highest BCUT2D eigenvalue weighted by atomic mass is 32.2. The zero-order valence-corrected chi connectivity index (χ0v) is 21.1. The summed E-state index contributed by atoms with van der Waals surface area (Å²) in [4.78, 5) is 8.60. The molecule has 0 aliphatic heterocycles. The molecule has 1 aromatic carbocycles. The summed E-state index contributed by atoms with van der Waals surface area (Å²) in [7, 11) is -2.91. The average molecular weight is 505 g/mol. The quantitative estimate of drug-likeness (QED) is 0.273. The van der Waals surface area contributed by atoms with E-state index in [-0.39, 0.29) is 5.75 Å². The summed E-state index contributed by atoms with van der Waals surface area (Å²) >= 11 is 0. The first-order valence-electron chi connectivity index (χ1n) is 11.7. The maximum atomic E-state index is 11.2. The Kier molecular flexibility index (Phi) is 7.98. The molecule has 36 heavy (non-hydrogen) atoms. The summed E-state index contributed by atoms with van der Waals surface area (Å²) < 4.78 is 29.8. The van der Waals surface area contributed by atoms with Gasteiger partial charge >= 0.3 is 0 Å². The molecule has 0 saturated carbocycles. The van der Waals surface area contributed by atoms with Gasteiger partial charge in [0.05, 0.1) is 6.54 Å². The number of benzene rings is 1. The third kappa shape index (κ3) is 7.13. The van der Waals surface area contributed by atoms with E-state index < -0.39 is 15.9 Å². The highest BCUT2D eigenvalue weighted by Gasteiger charge is 2.12. The second-order valence-corrected chi connectivity index (χ2v) is 11.0. The van der Waals surface area contributed by atoms with Gasteiger partial charge in [-0.3, -0.25) is 4.98 Å². The average Bonchev–Trinajstić information content (AvgIpc) is 3.51.